The Hall–Kier alpha value is -1.30. The van der Waals surface area contributed by atoms with Crippen LogP contribution in [0.5, 0.6) is 0 Å². The van der Waals surface area contributed by atoms with Crippen LogP contribution in [0.2, 0.25) is 0 Å². The molecular formula is C9H11F3N2O. The first-order valence-corrected chi connectivity index (χ1v) is 4.35. The first kappa shape index (κ1) is 11.8. The van der Waals surface area contributed by atoms with Crippen LogP contribution in [0.25, 0.3) is 0 Å². The molecule has 1 atom stereocenters. The van der Waals surface area contributed by atoms with Crippen molar-refractivity contribution in [3.63, 3.8) is 0 Å². The Morgan fingerprint density at radius 2 is 2.13 bits per heavy atom. The zero-order chi connectivity index (χ0) is 11.5. The summed E-state index contributed by atoms with van der Waals surface area (Å²) in [6, 6.07) is 3.25. The average molecular weight is 220 g/mol. The van der Waals surface area contributed by atoms with Gasteiger partial charge in [0.2, 0.25) is 0 Å². The van der Waals surface area contributed by atoms with Crippen molar-refractivity contribution in [2.75, 3.05) is 11.9 Å². The van der Waals surface area contributed by atoms with Crippen molar-refractivity contribution in [2.45, 2.75) is 19.1 Å². The maximum absolute atomic E-state index is 12.2. The van der Waals surface area contributed by atoms with Crippen LogP contribution in [0.4, 0.5) is 19.0 Å². The van der Waals surface area contributed by atoms with Crippen LogP contribution in [0.15, 0.2) is 18.2 Å². The summed E-state index contributed by atoms with van der Waals surface area (Å²) < 4.78 is 36.7. The van der Waals surface area contributed by atoms with Crippen LogP contribution in [0, 0.1) is 0 Å². The third-order valence-corrected chi connectivity index (χ3v) is 1.71. The minimum absolute atomic E-state index is 0.103. The SMILES string of the molecule is CC(CO)Nc1cccc(C(F)(F)F)n1. The van der Waals surface area contributed by atoms with Crippen LogP contribution >= 0.6 is 0 Å². The lowest BCUT2D eigenvalue weighted by molar-refractivity contribution is -0.141. The molecule has 0 aliphatic rings. The van der Waals surface area contributed by atoms with Crippen LogP contribution in [-0.2, 0) is 6.18 Å². The molecule has 0 fully saturated rings. The van der Waals surface area contributed by atoms with Gasteiger partial charge in [-0.2, -0.15) is 13.2 Å². The van der Waals surface area contributed by atoms with Crippen molar-refractivity contribution >= 4 is 5.82 Å². The molecule has 0 aromatic carbocycles. The summed E-state index contributed by atoms with van der Waals surface area (Å²) >= 11 is 0. The fourth-order valence-corrected chi connectivity index (χ4v) is 0.971. The number of anilines is 1. The summed E-state index contributed by atoms with van der Waals surface area (Å²) in [4.78, 5) is 3.38. The summed E-state index contributed by atoms with van der Waals surface area (Å²) in [5.41, 5.74) is -0.947. The van der Waals surface area contributed by atoms with Gasteiger partial charge in [0.15, 0.2) is 0 Å². The molecule has 2 N–H and O–H groups in total. The lowest BCUT2D eigenvalue weighted by Crippen LogP contribution is -2.20. The molecule has 0 radical (unpaired) electrons. The molecular weight excluding hydrogens is 209 g/mol. The van der Waals surface area contributed by atoms with E-state index in [0.29, 0.717) is 0 Å². The van der Waals surface area contributed by atoms with Gasteiger partial charge in [-0.15, -0.1) is 0 Å². The zero-order valence-corrected chi connectivity index (χ0v) is 8.04. The van der Waals surface area contributed by atoms with Crippen molar-refractivity contribution < 1.29 is 18.3 Å². The molecule has 3 nitrogen and oxygen atoms in total. The smallest absolute Gasteiger partial charge is 0.394 e. The van der Waals surface area contributed by atoms with Crippen molar-refractivity contribution in [2.24, 2.45) is 0 Å². The first-order chi connectivity index (χ1) is 6.93. The Kier molecular flexibility index (Phi) is 3.52. The predicted octanol–water partition coefficient (Wildman–Crippen LogP) is 1.89. The van der Waals surface area contributed by atoms with E-state index in [-0.39, 0.29) is 18.5 Å². The Balaban J connectivity index is 2.84. The Bertz CT molecular complexity index is 327. The molecule has 84 valence electrons. The summed E-state index contributed by atoms with van der Waals surface area (Å²) in [5, 5.41) is 11.4. The van der Waals surface area contributed by atoms with E-state index in [2.05, 4.69) is 10.3 Å². The van der Waals surface area contributed by atoms with Gasteiger partial charge in [-0.05, 0) is 19.1 Å². The molecule has 0 saturated carbocycles. The van der Waals surface area contributed by atoms with Crippen molar-refractivity contribution in [3.05, 3.63) is 23.9 Å². The average Bonchev–Trinajstić information content (AvgIpc) is 2.17. The maximum atomic E-state index is 12.2. The minimum atomic E-state index is -4.44. The molecule has 0 amide bonds. The van der Waals surface area contributed by atoms with Crippen LogP contribution in [0.3, 0.4) is 0 Å². The second kappa shape index (κ2) is 4.48. The largest absolute Gasteiger partial charge is 0.433 e. The molecule has 1 aromatic heterocycles. The lowest BCUT2D eigenvalue weighted by atomic mass is 10.3. The minimum Gasteiger partial charge on any atom is -0.394 e. The monoisotopic (exact) mass is 220 g/mol. The number of aromatic nitrogens is 1. The molecule has 1 rings (SSSR count). The van der Waals surface area contributed by atoms with Gasteiger partial charge in [0.25, 0.3) is 0 Å². The highest BCUT2D eigenvalue weighted by Crippen LogP contribution is 2.28. The highest BCUT2D eigenvalue weighted by molar-refractivity contribution is 5.36. The Morgan fingerprint density at radius 1 is 1.47 bits per heavy atom. The molecule has 0 aliphatic carbocycles. The van der Waals surface area contributed by atoms with E-state index < -0.39 is 11.9 Å². The van der Waals surface area contributed by atoms with E-state index in [0.717, 1.165) is 6.07 Å². The summed E-state index contributed by atoms with van der Waals surface area (Å²) in [6.45, 7) is 1.47. The quantitative estimate of drug-likeness (QED) is 0.817. The van der Waals surface area contributed by atoms with Crippen LogP contribution < -0.4 is 5.32 Å². The number of aliphatic hydroxyl groups excluding tert-OH is 1. The van der Waals surface area contributed by atoms with Gasteiger partial charge < -0.3 is 10.4 Å². The van der Waals surface area contributed by atoms with Gasteiger partial charge in [0.1, 0.15) is 11.5 Å². The van der Waals surface area contributed by atoms with Crippen molar-refractivity contribution in [1.82, 2.24) is 4.98 Å². The summed E-state index contributed by atoms with van der Waals surface area (Å²) in [6.07, 6.45) is -4.44. The van der Waals surface area contributed by atoms with Crippen LogP contribution in [-0.4, -0.2) is 22.7 Å². The number of alkyl halides is 3. The van der Waals surface area contributed by atoms with Gasteiger partial charge in [-0.25, -0.2) is 4.98 Å². The first-order valence-electron chi connectivity index (χ1n) is 4.35. The van der Waals surface area contributed by atoms with Gasteiger partial charge >= 0.3 is 6.18 Å². The number of rotatable bonds is 3. The van der Waals surface area contributed by atoms with E-state index in [9.17, 15) is 13.2 Å². The number of halogens is 3. The third kappa shape index (κ3) is 3.39. The summed E-state index contributed by atoms with van der Waals surface area (Å²) in [5.74, 6) is 0.103. The van der Waals surface area contributed by atoms with E-state index >= 15 is 0 Å². The second-order valence-corrected chi connectivity index (χ2v) is 3.13. The topological polar surface area (TPSA) is 45.1 Å². The molecule has 15 heavy (non-hydrogen) atoms. The molecule has 0 aliphatic heterocycles. The Labute approximate surface area is 85.0 Å². The summed E-state index contributed by atoms with van der Waals surface area (Å²) in [7, 11) is 0. The molecule has 1 unspecified atom stereocenters. The van der Waals surface area contributed by atoms with E-state index in [4.69, 9.17) is 5.11 Å². The van der Waals surface area contributed by atoms with Gasteiger partial charge in [-0.3, -0.25) is 0 Å². The van der Waals surface area contributed by atoms with E-state index in [1.807, 2.05) is 0 Å². The number of pyridine rings is 1. The second-order valence-electron chi connectivity index (χ2n) is 3.13. The van der Waals surface area contributed by atoms with Gasteiger partial charge in [0, 0.05) is 6.04 Å². The number of nitrogens with zero attached hydrogens (tertiary/aromatic N) is 1. The molecule has 0 saturated heterocycles. The van der Waals surface area contributed by atoms with E-state index in [1.54, 1.807) is 6.92 Å². The normalized spacial score (nSPS) is 13.7. The molecule has 6 heteroatoms. The molecule has 0 bridgehead atoms. The number of aliphatic hydroxyl groups is 1. The highest BCUT2D eigenvalue weighted by atomic mass is 19.4. The maximum Gasteiger partial charge on any atom is 0.433 e. The van der Waals surface area contributed by atoms with Gasteiger partial charge in [0.05, 0.1) is 6.61 Å². The van der Waals surface area contributed by atoms with Gasteiger partial charge in [-0.1, -0.05) is 6.07 Å². The highest BCUT2D eigenvalue weighted by Gasteiger charge is 2.32. The predicted molar refractivity (Wildman–Crippen MR) is 49.4 cm³/mol. The lowest BCUT2D eigenvalue weighted by Gasteiger charge is -2.13. The van der Waals surface area contributed by atoms with Crippen molar-refractivity contribution in [3.8, 4) is 0 Å². The Morgan fingerprint density at radius 3 is 2.67 bits per heavy atom. The third-order valence-electron chi connectivity index (χ3n) is 1.71. The number of nitrogens with one attached hydrogen (secondary N) is 1. The fraction of sp³-hybridized carbons (Fsp3) is 0.444. The fourth-order valence-electron chi connectivity index (χ4n) is 0.971. The molecule has 1 heterocycles. The number of hydrogen-bond donors (Lipinski definition) is 2. The number of hydrogen-bond acceptors (Lipinski definition) is 3. The molecule has 0 spiro atoms. The van der Waals surface area contributed by atoms with E-state index in [1.165, 1.54) is 12.1 Å². The standard InChI is InChI=1S/C9H11F3N2O/c1-6(5-15)13-8-4-2-3-7(14-8)9(10,11)12/h2-4,6,15H,5H2,1H3,(H,13,14). The van der Waals surface area contributed by atoms with Crippen molar-refractivity contribution in [1.29, 1.82) is 0 Å². The molecule has 1 aromatic rings. The zero-order valence-electron chi connectivity index (χ0n) is 8.04. The van der Waals surface area contributed by atoms with Crippen LogP contribution in [0.1, 0.15) is 12.6 Å².